The topological polar surface area (TPSA) is 158 Å². The lowest BCUT2D eigenvalue weighted by Crippen LogP contribution is -2.30. The molecule has 0 radical (unpaired) electrons. The Morgan fingerprint density at radius 1 is 1.05 bits per heavy atom. The van der Waals surface area contributed by atoms with Gasteiger partial charge in [0.25, 0.3) is 5.91 Å². The zero-order valence-electron chi connectivity index (χ0n) is 24.3. The second-order valence-corrected chi connectivity index (χ2v) is 10.7. The van der Waals surface area contributed by atoms with Crippen LogP contribution < -0.4 is 19.5 Å². The Bertz CT molecular complexity index is 1320. The number of ketones is 1. The van der Waals surface area contributed by atoms with E-state index in [1.54, 1.807) is 23.1 Å². The third kappa shape index (κ3) is 7.55. The van der Waals surface area contributed by atoms with Crippen LogP contribution in [0.2, 0.25) is 0 Å². The van der Waals surface area contributed by atoms with Crippen LogP contribution in [0.5, 0.6) is 17.2 Å². The van der Waals surface area contributed by atoms with E-state index in [1.165, 1.54) is 13.1 Å². The van der Waals surface area contributed by atoms with E-state index in [0.717, 1.165) is 5.56 Å². The lowest BCUT2D eigenvalue weighted by molar-refractivity contribution is -0.139. The maximum absolute atomic E-state index is 13.6. The Balaban J connectivity index is 1.94. The molecular formula is C30H39N3O8. The summed E-state index contributed by atoms with van der Waals surface area (Å²) in [6.07, 6.45) is 1.09. The monoisotopic (exact) mass is 569 g/mol. The first-order valence-electron chi connectivity index (χ1n) is 13.6. The Morgan fingerprint density at radius 2 is 1.78 bits per heavy atom. The lowest BCUT2D eigenvalue weighted by Gasteiger charge is -2.26. The third-order valence-electron chi connectivity index (χ3n) is 6.58. The number of aliphatic hydroxyl groups is 1. The smallest absolute Gasteiger partial charge is 0.341 e. The number of Topliss-reactive ketones (excluding diaryl/α,β-unsaturated/α-hetero) is 1. The normalized spacial score (nSPS) is 12.6. The van der Waals surface area contributed by atoms with Crippen molar-refractivity contribution in [1.82, 2.24) is 10.2 Å². The average molecular weight is 570 g/mol. The van der Waals surface area contributed by atoms with Crippen LogP contribution in [-0.4, -0.2) is 78.6 Å². The van der Waals surface area contributed by atoms with Crippen molar-refractivity contribution >= 4 is 23.5 Å². The van der Waals surface area contributed by atoms with Crippen LogP contribution in [0.1, 0.15) is 77.9 Å². The molecule has 1 aliphatic rings. The molecule has 2 aromatic rings. The van der Waals surface area contributed by atoms with Gasteiger partial charge in [-0.2, -0.15) is 0 Å². The summed E-state index contributed by atoms with van der Waals surface area (Å²) in [5, 5.41) is 29.6. The number of amides is 1. The van der Waals surface area contributed by atoms with Gasteiger partial charge in [-0.1, -0.05) is 20.8 Å². The van der Waals surface area contributed by atoms with Crippen LogP contribution in [0, 0.1) is 5.41 Å². The molecule has 0 bridgehead atoms. The second-order valence-electron chi connectivity index (χ2n) is 10.7. The molecule has 0 fully saturated rings. The molecule has 2 aromatic carbocycles. The van der Waals surface area contributed by atoms with E-state index < -0.39 is 18.0 Å². The highest BCUT2D eigenvalue weighted by molar-refractivity contribution is 6.07. The number of nitrogens with zero attached hydrogens (tertiary/aromatic N) is 1. The highest BCUT2D eigenvalue weighted by atomic mass is 16.5. The molecule has 1 amide bonds. The summed E-state index contributed by atoms with van der Waals surface area (Å²) in [6.45, 7) is 7.84. The number of carboxylic acids is 1. The predicted octanol–water partition coefficient (Wildman–Crippen LogP) is 3.38. The predicted molar refractivity (Wildman–Crippen MR) is 153 cm³/mol. The summed E-state index contributed by atoms with van der Waals surface area (Å²) >= 11 is 0. The first-order chi connectivity index (χ1) is 19.4. The highest BCUT2D eigenvalue weighted by Crippen LogP contribution is 2.40. The molecular weight excluding hydrogens is 530 g/mol. The van der Waals surface area contributed by atoms with E-state index in [1.807, 2.05) is 27.7 Å². The molecule has 1 aliphatic heterocycles. The summed E-state index contributed by atoms with van der Waals surface area (Å²) in [6, 6.07) is 6.59. The molecule has 0 atom stereocenters. The molecule has 0 aliphatic carbocycles. The highest BCUT2D eigenvalue weighted by Gasteiger charge is 2.31. The number of fused-ring (bicyclic) bond motifs is 1. The Hall–Kier alpha value is -4.12. The Labute approximate surface area is 239 Å². The molecule has 0 saturated heterocycles. The number of ether oxygens (including phenoxy) is 3. The SMILES string of the molecule is CCOc1cc2c(cc1C(=O)NC)C(=N)N(CC(=O)c1cc(OCCCCO)c(OCC(=O)O)c(C(C)(C)C)c1)C2. The molecule has 0 saturated carbocycles. The Kier molecular flexibility index (Phi) is 10.3. The van der Waals surface area contributed by atoms with E-state index in [0.29, 0.717) is 54.0 Å². The molecule has 3 rings (SSSR count). The Morgan fingerprint density at radius 3 is 2.39 bits per heavy atom. The van der Waals surface area contributed by atoms with Gasteiger partial charge in [0, 0.05) is 36.9 Å². The van der Waals surface area contributed by atoms with Crippen molar-refractivity contribution in [3.05, 3.63) is 52.1 Å². The first kappa shape index (κ1) is 31.4. The summed E-state index contributed by atoms with van der Waals surface area (Å²) in [7, 11) is 1.52. The molecule has 1 heterocycles. The maximum Gasteiger partial charge on any atom is 0.341 e. The van der Waals surface area contributed by atoms with Gasteiger partial charge in [-0.25, -0.2) is 4.79 Å². The quantitative estimate of drug-likeness (QED) is 0.198. The van der Waals surface area contributed by atoms with Crippen molar-refractivity contribution in [1.29, 1.82) is 5.41 Å². The number of carbonyl (C=O) groups is 3. The molecule has 4 N–H and O–H groups in total. The number of carbonyl (C=O) groups excluding carboxylic acids is 2. The van der Waals surface area contributed by atoms with Crippen LogP contribution in [-0.2, 0) is 16.8 Å². The van der Waals surface area contributed by atoms with Crippen molar-refractivity contribution < 1.29 is 38.8 Å². The van der Waals surface area contributed by atoms with E-state index in [4.69, 9.17) is 24.7 Å². The van der Waals surface area contributed by atoms with Crippen molar-refractivity contribution in [2.24, 2.45) is 0 Å². The molecule has 0 aromatic heterocycles. The number of carboxylic acid groups (broad SMARTS) is 1. The number of hydrogen-bond acceptors (Lipinski definition) is 8. The summed E-state index contributed by atoms with van der Waals surface area (Å²) in [5.41, 5.74) is 2.08. The minimum Gasteiger partial charge on any atom is -0.493 e. The van der Waals surface area contributed by atoms with E-state index >= 15 is 0 Å². The maximum atomic E-state index is 13.6. The number of nitrogens with one attached hydrogen (secondary N) is 2. The van der Waals surface area contributed by atoms with Gasteiger partial charge in [-0.15, -0.1) is 0 Å². The van der Waals surface area contributed by atoms with Crippen LogP contribution in [0.4, 0.5) is 0 Å². The summed E-state index contributed by atoms with van der Waals surface area (Å²) in [4.78, 5) is 38.9. The fourth-order valence-electron chi connectivity index (χ4n) is 4.52. The average Bonchev–Trinajstić information content (AvgIpc) is 3.22. The van der Waals surface area contributed by atoms with Gasteiger partial charge in [-0.3, -0.25) is 15.0 Å². The van der Waals surface area contributed by atoms with Crippen molar-refractivity contribution in [2.45, 2.75) is 52.5 Å². The van der Waals surface area contributed by atoms with Crippen LogP contribution in [0.3, 0.4) is 0 Å². The fourth-order valence-corrected chi connectivity index (χ4v) is 4.52. The van der Waals surface area contributed by atoms with E-state index in [9.17, 15) is 19.5 Å². The van der Waals surface area contributed by atoms with Crippen molar-refractivity contribution in [2.75, 3.05) is 40.0 Å². The fraction of sp³-hybridized carbons (Fsp3) is 0.467. The zero-order chi connectivity index (χ0) is 30.3. The van der Waals surface area contributed by atoms with Gasteiger partial charge in [0.15, 0.2) is 23.9 Å². The van der Waals surface area contributed by atoms with E-state index in [2.05, 4.69) is 5.32 Å². The van der Waals surface area contributed by atoms with Gasteiger partial charge in [0.1, 0.15) is 11.6 Å². The van der Waals surface area contributed by atoms with Crippen LogP contribution in [0.15, 0.2) is 24.3 Å². The minimum atomic E-state index is -1.14. The summed E-state index contributed by atoms with van der Waals surface area (Å²) < 4.78 is 17.2. The first-order valence-corrected chi connectivity index (χ1v) is 13.6. The van der Waals surface area contributed by atoms with Gasteiger partial charge in [-0.05, 0) is 55.0 Å². The number of aliphatic hydroxyl groups excluding tert-OH is 1. The number of unbranched alkanes of at least 4 members (excludes halogenated alkanes) is 1. The number of aliphatic carboxylic acids is 1. The molecule has 222 valence electrons. The van der Waals surface area contributed by atoms with Crippen molar-refractivity contribution in [3.63, 3.8) is 0 Å². The van der Waals surface area contributed by atoms with Gasteiger partial charge in [0.2, 0.25) is 0 Å². The number of benzene rings is 2. The minimum absolute atomic E-state index is 0.0123. The largest absolute Gasteiger partial charge is 0.493 e. The number of amidine groups is 1. The van der Waals surface area contributed by atoms with Crippen molar-refractivity contribution in [3.8, 4) is 17.2 Å². The van der Waals surface area contributed by atoms with Crippen LogP contribution >= 0.6 is 0 Å². The molecule has 11 nitrogen and oxygen atoms in total. The van der Waals surface area contributed by atoms with Gasteiger partial charge < -0.3 is 34.6 Å². The standard InChI is InChI=1S/C30H39N3O8/c1-6-39-24-13-19-15-33(28(31)20(19)14-21(24)29(38)32-5)16-23(35)18-11-22(30(2,3)4)27(41-17-26(36)37)25(12-18)40-10-8-7-9-34/h11-14,31,34H,6-10,15-17H2,1-5H3,(H,32,38)(H,36,37). The molecule has 0 spiro atoms. The van der Waals surface area contributed by atoms with Gasteiger partial charge in [0.05, 0.1) is 25.3 Å². The summed E-state index contributed by atoms with van der Waals surface area (Å²) in [5.74, 6) is -0.695. The van der Waals surface area contributed by atoms with Crippen LogP contribution in [0.25, 0.3) is 0 Å². The molecule has 0 unspecified atom stereocenters. The molecule has 11 heteroatoms. The second kappa shape index (κ2) is 13.5. The molecule has 41 heavy (non-hydrogen) atoms. The lowest BCUT2D eigenvalue weighted by atomic mass is 9.84. The number of hydrogen-bond donors (Lipinski definition) is 4. The van der Waals surface area contributed by atoms with E-state index in [-0.39, 0.29) is 48.8 Å². The number of rotatable bonds is 14. The zero-order valence-corrected chi connectivity index (χ0v) is 24.3. The van der Waals surface area contributed by atoms with Gasteiger partial charge >= 0.3 is 5.97 Å². The third-order valence-corrected chi connectivity index (χ3v) is 6.58.